The zero-order chi connectivity index (χ0) is 9.84. The van der Waals surface area contributed by atoms with Crippen LogP contribution in [-0.4, -0.2) is 18.0 Å². The van der Waals surface area contributed by atoms with E-state index in [2.05, 4.69) is 9.72 Å². The number of anilines is 1. The van der Waals surface area contributed by atoms with Crippen molar-refractivity contribution in [1.82, 2.24) is 4.98 Å². The van der Waals surface area contributed by atoms with E-state index >= 15 is 0 Å². The van der Waals surface area contributed by atoms with Crippen molar-refractivity contribution in [2.24, 2.45) is 0 Å². The average molecular weight is 188 g/mol. The first kappa shape index (κ1) is 9.70. The first-order valence-corrected chi connectivity index (χ1v) is 3.73. The van der Waals surface area contributed by atoms with Gasteiger partial charge in [-0.25, -0.2) is 13.8 Å². The van der Waals surface area contributed by atoms with Crippen molar-refractivity contribution < 1.29 is 13.5 Å². The lowest BCUT2D eigenvalue weighted by Crippen LogP contribution is -2.08. The predicted octanol–water partition coefficient (Wildman–Crippen LogP) is 1.62. The average Bonchev–Trinajstić information content (AvgIpc) is 2.07. The van der Waals surface area contributed by atoms with Crippen molar-refractivity contribution in [3.63, 3.8) is 0 Å². The highest BCUT2D eigenvalue weighted by molar-refractivity contribution is 5.43. The maximum atomic E-state index is 11.7. The molecule has 1 rings (SSSR count). The molecule has 1 aromatic rings. The summed E-state index contributed by atoms with van der Waals surface area (Å²) in [6, 6.07) is 3.04. The summed E-state index contributed by atoms with van der Waals surface area (Å²) in [5.41, 5.74) is 6.57. The Morgan fingerprint density at radius 2 is 2.23 bits per heavy atom. The molecule has 0 saturated carbocycles. The summed E-state index contributed by atoms with van der Waals surface area (Å²) in [5.74, 6) is 0.173. The number of nitrogen functional groups attached to an aromatic ring is 1. The monoisotopic (exact) mass is 188 g/mol. The normalized spacial score (nSPS) is 10.5. The smallest absolute Gasteiger partial charge is 0.272 e. The number of hydrogen-bond donors (Lipinski definition) is 1. The molecular weight excluding hydrogens is 178 g/mol. The first-order chi connectivity index (χ1) is 6.09. The van der Waals surface area contributed by atoms with Gasteiger partial charge in [0.25, 0.3) is 6.43 Å². The zero-order valence-electron chi connectivity index (χ0n) is 7.13. The van der Waals surface area contributed by atoms with E-state index in [0.29, 0.717) is 11.4 Å². The maximum Gasteiger partial charge on any atom is 0.272 e. The van der Waals surface area contributed by atoms with E-state index in [-0.39, 0.29) is 5.88 Å². The Kier molecular flexibility index (Phi) is 3.00. The number of nitrogens with zero attached hydrogens (tertiary/aromatic N) is 1. The van der Waals surface area contributed by atoms with Gasteiger partial charge in [0.15, 0.2) is 6.61 Å². The molecule has 0 atom stereocenters. The summed E-state index contributed by atoms with van der Waals surface area (Å²) in [4.78, 5) is 3.86. The molecule has 1 aromatic heterocycles. The zero-order valence-corrected chi connectivity index (χ0v) is 7.13. The molecule has 0 aromatic carbocycles. The molecule has 2 N–H and O–H groups in total. The largest absolute Gasteiger partial charge is 0.472 e. The lowest BCUT2D eigenvalue weighted by atomic mass is 10.3. The van der Waals surface area contributed by atoms with E-state index in [4.69, 9.17) is 5.73 Å². The summed E-state index contributed by atoms with van der Waals surface area (Å²) >= 11 is 0. The quantitative estimate of drug-likeness (QED) is 0.784. The molecule has 0 spiro atoms. The second kappa shape index (κ2) is 4.02. The van der Waals surface area contributed by atoms with Crippen molar-refractivity contribution in [3.05, 3.63) is 17.8 Å². The van der Waals surface area contributed by atoms with Crippen LogP contribution >= 0.6 is 0 Å². The van der Waals surface area contributed by atoms with Crippen LogP contribution in [-0.2, 0) is 0 Å². The molecule has 1 heterocycles. The molecular formula is C8H10F2N2O. The third kappa shape index (κ3) is 2.85. The number of aromatic nitrogens is 1. The highest BCUT2D eigenvalue weighted by atomic mass is 19.3. The van der Waals surface area contributed by atoms with Crippen LogP contribution in [0.3, 0.4) is 0 Å². The molecule has 0 fully saturated rings. The standard InChI is InChI=1S/C8H10F2N2O/c1-5-6(11)2-3-8(12-5)13-4-7(9)10/h2-3,7H,4,11H2,1H3. The minimum Gasteiger partial charge on any atom is -0.472 e. The van der Waals surface area contributed by atoms with Crippen molar-refractivity contribution in [2.75, 3.05) is 12.3 Å². The van der Waals surface area contributed by atoms with Crippen molar-refractivity contribution >= 4 is 5.69 Å². The second-order valence-electron chi connectivity index (χ2n) is 2.53. The van der Waals surface area contributed by atoms with Crippen LogP contribution in [0.2, 0.25) is 0 Å². The Labute approximate surface area is 74.5 Å². The van der Waals surface area contributed by atoms with Gasteiger partial charge in [0.1, 0.15) is 0 Å². The summed E-state index contributed by atoms with van der Waals surface area (Å²) in [6.07, 6.45) is -2.49. The van der Waals surface area contributed by atoms with Gasteiger partial charge < -0.3 is 10.5 Å². The molecule has 3 nitrogen and oxygen atoms in total. The Bertz CT molecular complexity index is 291. The summed E-state index contributed by atoms with van der Waals surface area (Å²) in [5, 5.41) is 0. The van der Waals surface area contributed by atoms with E-state index in [0.717, 1.165) is 0 Å². The van der Waals surface area contributed by atoms with Gasteiger partial charge in [0.05, 0.1) is 11.4 Å². The van der Waals surface area contributed by atoms with Crippen LogP contribution in [0.5, 0.6) is 5.88 Å². The van der Waals surface area contributed by atoms with Gasteiger partial charge in [-0.15, -0.1) is 0 Å². The van der Waals surface area contributed by atoms with Crippen LogP contribution in [0, 0.1) is 6.92 Å². The first-order valence-electron chi connectivity index (χ1n) is 3.73. The van der Waals surface area contributed by atoms with E-state index in [9.17, 15) is 8.78 Å². The Morgan fingerprint density at radius 1 is 1.54 bits per heavy atom. The number of ether oxygens (including phenoxy) is 1. The Hall–Kier alpha value is -1.39. The van der Waals surface area contributed by atoms with E-state index in [1.54, 1.807) is 13.0 Å². The minimum absolute atomic E-state index is 0.173. The molecule has 0 unspecified atom stereocenters. The molecule has 0 aliphatic rings. The SMILES string of the molecule is Cc1nc(OCC(F)F)ccc1N. The van der Waals surface area contributed by atoms with Gasteiger partial charge in [-0.05, 0) is 13.0 Å². The third-order valence-electron chi connectivity index (χ3n) is 1.46. The summed E-state index contributed by atoms with van der Waals surface area (Å²) < 4.78 is 28.1. The maximum absolute atomic E-state index is 11.7. The molecule has 0 amide bonds. The molecule has 13 heavy (non-hydrogen) atoms. The fourth-order valence-corrected chi connectivity index (χ4v) is 0.778. The lowest BCUT2D eigenvalue weighted by molar-refractivity contribution is 0.0795. The summed E-state index contributed by atoms with van der Waals surface area (Å²) in [6.45, 7) is 1.04. The number of aryl methyl sites for hydroxylation is 1. The molecule has 0 aliphatic heterocycles. The second-order valence-corrected chi connectivity index (χ2v) is 2.53. The molecule has 0 saturated heterocycles. The molecule has 0 radical (unpaired) electrons. The van der Waals surface area contributed by atoms with Crippen LogP contribution in [0.25, 0.3) is 0 Å². The van der Waals surface area contributed by atoms with Crippen LogP contribution in [0.1, 0.15) is 5.69 Å². The van der Waals surface area contributed by atoms with Gasteiger partial charge in [-0.2, -0.15) is 0 Å². The van der Waals surface area contributed by atoms with Crippen LogP contribution < -0.4 is 10.5 Å². The van der Waals surface area contributed by atoms with Gasteiger partial charge in [0.2, 0.25) is 5.88 Å². The predicted molar refractivity (Wildman–Crippen MR) is 44.9 cm³/mol. The van der Waals surface area contributed by atoms with Gasteiger partial charge in [-0.3, -0.25) is 0 Å². The highest BCUT2D eigenvalue weighted by Crippen LogP contribution is 2.13. The highest BCUT2D eigenvalue weighted by Gasteiger charge is 2.04. The fourth-order valence-electron chi connectivity index (χ4n) is 0.778. The molecule has 0 bridgehead atoms. The van der Waals surface area contributed by atoms with E-state index in [1.807, 2.05) is 0 Å². The molecule has 72 valence electrons. The lowest BCUT2D eigenvalue weighted by Gasteiger charge is -2.05. The van der Waals surface area contributed by atoms with Crippen molar-refractivity contribution in [3.8, 4) is 5.88 Å². The van der Waals surface area contributed by atoms with Crippen molar-refractivity contribution in [1.29, 1.82) is 0 Å². The van der Waals surface area contributed by atoms with E-state index < -0.39 is 13.0 Å². The topological polar surface area (TPSA) is 48.1 Å². The number of halogens is 2. The van der Waals surface area contributed by atoms with Gasteiger partial charge in [-0.1, -0.05) is 0 Å². The Morgan fingerprint density at radius 3 is 2.77 bits per heavy atom. The van der Waals surface area contributed by atoms with Crippen LogP contribution in [0.15, 0.2) is 12.1 Å². The number of hydrogen-bond acceptors (Lipinski definition) is 3. The summed E-state index contributed by atoms with van der Waals surface area (Å²) in [7, 11) is 0. The van der Waals surface area contributed by atoms with Gasteiger partial charge in [0, 0.05) is 6.07 Å². The number of alkyl halides is 2. The van der Waals surface area contributed by atoms with Gasteiger partial charge >= 0.3 is 0 Å². The number of pyridine rings is 1. The number of rotatable bonds is 3. The number of nitrogens with two attached hydrogens (primary N) is 1. The molecule has 0 aliphatic carbocycles. The third-order valence-corrected chi connectivity index (χ3v) is 1.46. The van der Waals surface area contributed by atoms with E-state index in [1.165, 1.54) is 6.07 Å². The minimum atomic E-state index is -2.49. The van der Waals surface area contributed by atoms with Crippen molar-refractivity contribution in [2.45, 2.75) is 13.3 Å². The fraction of sp³-hybridized carbons (Fsp3) is 0.375. The van der Waals surface area contributed by atoms with Crippen LogP contribution in [0.4, 0.5) is 14.5 Å². The Balaban J connectivity index is 2.63. The molecule has 5 heteroatoms.